The van der Waals surface area contributed by atoms with Gasteiger partial charge in [-0.05, 0) is 58.0 Å². The molecule has 0 unspecified atom stereocenters. The van der Waals surface area contributed by atoms with E-state index in [0.29, 0.717) is 35.5 Å². The number of fused-ring (bicyclic) bond motifs is 1. The Labute approximate surface area is 211 Å². The highest BCUT2D eigenvalue weighted by molar-refractivity contribution is 6.22. The Kier molecular flexibility index (Phi) is 7.83. The first-order valence-corrected chi connectivity index (χ1v) is 11.9. The van der Waals surface area contributed by atoms with Gasteiger partial charge in [0.2, 0.25) is 0 Å². The number of aromatic hydroxyl groups is 1. The summed E-state index contributed by atoms with van der Waals surface area (Å²) in [4.78, 5) is 24.5. The monoisotopic (exact) mass is 484 g/mol. The second kappa shape index (κ2) is 11.2. The minimum atomic E-state index is -0.399. The summed E-state index contributed by atoms with van der Waals surface area (Å²) in [6.07, 6.45) is 0. The molecule has 0 radical (unpaired) electrons. The zero-order chi connectivity index (χ0) is 25.7. The first-order valence-electron chi connectivity index (χ1n) is 11.9. The molecule has 0 amide bonds. The van der Waals surface area contributed by atoms with E-state index in [1.165, 1.54) is 5.56 Å². The third-order valence-corrected chi connectivity index (χ3v) is 5.75. The Morgan fingerprint density at radius 1 is 0.917 bits per heavy atom. The predicted octanol–water partition coefficient (Wildman–Crippen LogP) is 4.82. The number of likely N-dealkylation sites (N-methyl/N-ethyl adjacent to an activating group) is 1. The van der Waals surface area contributed by atoms with Gasteiger partial charge in [0, 0.05) is 29.6 Å². The third-order valence-electron chi connectivity index (χ3n) is 5.75. The third kappa shape index (κ3) is 6.00. The molecule has 2 N–H and O–H groups in total. The summed E-state index contributed by atoms with van der Waals surface area (Å²) in [6.45, 7) is 1.80. The zero-order valence-corrected chi connectivity index (χ0v) is 21.2. The van der Waals surface area contributed by atoms with Gasteiger partial charge in [-0.1, -0.05) is 48.5 Å². The maximum atomic E-state index is 12.5. The number of nitrogens with one attached hydrogen (secondary N) is 1. The molecule has 0 saturated carbocycles. The smallest absolute Gasteiger partial charge is 0.338 e. The maximum absolute atomic E-state index is 12.5. The summed E-state index contributed by atoms with van der Waals surface area (Å²) in [6, 6.07) is 23.1. The van der Waals surface area contributed by atoms with E-state index >= 15 is 0 Å². The normalized spacial score (nSPS) is 12.0. The van der Waals surface area contributed by atoms with Crippen LogP contribution in [0, 0.1) is 0 Å². The quantitative estimate of drug-likeness (QED) is 0.263. The van der Waals surface area contributed by atoms with E-state index in [2.05, 4.69) is 22.0 Å². The number of ether oxygens (including phenoxy) is 1. The number of benzene rings is 3. The molecule has 4 aromatic rings. The summed E-state index contributed by atoms with van der Waals surface area (Å²) in [7, 11) is 7.92. The molecule has 0 aliphatic rings. The van der Waals surface area contributed by atoms with E-state index in [1.807, 2.05) is 81.6 Å². The molecule has 186 valence electrons. The van der Waals surface area contributed by atoms with Crippen molar-refractivity contribution in [2.75, 3.05) is 41.3 Å². The van der Waals surface area contributed by atoms with Crippen LogP contribution >= 0.6 is 0 Å². The second-order valence-corrected chi connectivity index (χ2v) is 9.28. The van der Waals surface area contributed by atoms with E-state index in [1.54, 1.807) is 12.1 Å². The topological polar surface area (TPSA) is 81.2 Å². The molecule has 0 aliphatic carbocycles. The fourth-order valence-electron chi connectivity index (χ4n) is 3.99. The van der Waals surface area contributed by atoms with Crippen molar-refractivity contribution in [2.45, 2.75) is 6.54 Å². The Hall–Kier alpha value is -3.94. The predicted molar refractivity (Wildman–Crippen MR) is 144 cm³/mol. The molecule has 36 heavy (non-hydrogen) atoms. The van der Waals surface area contributed by atoms with E-state index in [0.717, 1.165) is 23.2 Å². The Morgan fingerprint density at radius 3 is 2.31 bits per heavy atom. The lowest BCUT2D eigenvalue weighted by atomic mass is 10.00. The van der Waals surface area contributed by atoms with Crippen LogP contribution in [0.4, 0.5) is 5.69 Å². The number of aromatic nitrogens is 1. The largest absolute Gasteiger partial charge is 0.494 e. The van der Waals surface area contributed by atoms with Crippen molar-refractivity contribution in [1.82, 2.24) is 14.8 Å². The highest BCUT2D eigenvalue weighted by Gasteiger charge is 2.20. The van der Waals surface area contributed by atoms with Gasteiger partial charge in [-0.2, -0.15) is 0 Å². The van der Waals surface area contributed by atoms with Gasteiger partial charge < -0.3 is 24.6 Å². The zero-order valence-electron chi connectivity index (χ0n) is 21.2. The standard InChI is InChI=1S/C29H32N4O3/c1-32(2)16-17-36-29(35)22-12-15-24-25(18-22)31-28(34)26(24)27(21-8-6-5-7-9-21)30-23-13-10-20(11-14-23)19-33(3)4/h5-15,18,31,34H,16-17,19H2,1-4H3. The summed E-state index contributed by atoms with van der Waals surface area (Å²) in [5.41, 5.74) is 5.13. The SMILES string of the molecule is CN(C)CCOC(=O)c1ccc2c(C(=Nc3ccc(CN(C)C)cc3)c3ccccc3)c(O)[nH]c2c1. The number of carbonyl (C=O) groups excluding carboxylic acids is 1. The molecular formula is C29H32N4O3. The second-order valence-electron chi connectivity index (χ2n) is 9.28. The van der Waals surface area contributed by atoms with Crippen LogP contribution in [0.25, 0.3) is 10.9 Å². The highest BCUT2D eigenvalue weighted by atomic mass is 16.5. The van der Waals surface area contributed by atoms with Gasteiger partial charge in [-0.3, -0.25) is 0 Å². The molecule has 0 saturated heterocycles. The van der Waals surface area contributed by atoms with E-state index in [-0.39, 0.29) is 5.88 Å². The van der Waals surface area contributed by atoms with Gasteiger partial charge in [0.25, 0.3) is 0 Å². The number of hydrogen-bond donors (Lipinski definition) is 2. The van der Waals surface area contributed by atoms with Crippen molar-refractivity contribution >= 4 is 28.3 Å². The van der Waals surface area contributed by atoms with E-state index < -0.39 is 5.97 Å². The number of esters is 1. The van der Waals surface area contributed by atoms with Crippen LogP contribution in [0.2, 0.25) is 0 Å². The lowest BCUT2D eigenvalue weighted by Gasteiger charge is -2.11. The molecule has 0 bridgehead atoms. The molecule has 3 aromatic carbocycles. The van der Waals surface area contributed by atoms with Gasteiger partial charge in [0.15, 0.2) is 5.88 Å². The average molecular weight is 485 g/mol. The van der Waals surface area contributed by atoms with Crippen LogP contribution < -0.4 is 0 Å². The van der Waals surface area contributed by atoms with Crippen molar-refractivity contribution in [1.29, 1.82) is 0 Å². The van der Waals surface area contributed by atoms with Crippen LogP contribution in [0.1, 0.15) is 27.0 Å². The summed E-state index contributed by atoms with van der Waals surface area (Å²) in [5.74, 6) is -0.404. The minimum Gasteiger partial charge on any atom is -0.494 e. The van der Waals surface area contributed by atoms with Crippen molar-refractivity contribution in [3.8, 4) is 5.88 Å². The van der Waals surface area contributed by atoms with Gasteiger partial charge in [0.1, 0.15) is 6.61 Å². The average Bonchev–Trinajstić information content (AvgIpc) is 3.18. The molecule has 7 heteroatoms. The highest BCUT2D eigenvalue weighted by Crippen LogP contribution is 2.32. The number of carbonyl (C=O) groups is 1. The number of H-pyrrole nitrogens is 1. The molecule has 0 aliphatic heterocycles. The van der Waals surface area contributed by atoms with Crippen molar-refractivity contribution in [3.63, 3.8) is 0 Å². The number of aliphatic imine (C=N–C) groups is 1. The van der Waals surface area contributed by atoms with Crippen LogP contribution in [-0.4, -0.2) is 72.9 Å². The number of hydrogen-bond acceptors (Lipinski definition) is 6. The lowest BCUT2D eigenvalue weighted by molar-refractivity contribution is 0.0482. The maximum Gasteiger partial charge on any atom is 0.338 e. The van der Waals surface area contributed by atoms with Crippen LogP contribution in [-0.2, 0) is 11.3 Å². The minimum absolute atomic E-state index is 0.00467. The van der Waals surface area contributed by atoms with Crippen LogP contribution in [0.5, 0.6) is 5.88 Å². The molecule has 4 rings (SSSR count). The van der Waals surface area contributed by atoms with Crippen molar-refractivity contribution in [3.05, 3.63) is 95.1 Å². The lowest BCUT2D eigenvalue weighted by Crippen LogP contribution is -2.20. The van der Waals surface area contributed by atoms with Crippen molar-refractivity contribution in [2.24, 2.45) is 4.99 Å². The van der Waals surface area contributed by atoms with E-state index in [4.69, 9.17) is 9.73 Å². The fourth-order valence-corrected chi connectivity index (χ4v) is 3.99. The summed E-state index contributed by atoms with van der Waals surface area (Å²) >= 11 is 0. The number of nitrogens with zero attached hydrogens (tertiary/aromatic N) is 3. The fraction of sp³-hybridized carbons (Fsp3) is 0.241. The Balaban J connectivity index is 1.73. The first-order chi connectivity index (χ1) is 17.3. The van der Waals surface area contributed by atoms with Gasteiger partial charge >= 0.3 is 5.97 Å². The van der Waals surface area contributed by atoms with Gasteiger partial charge in [0.05, 0.1) is 22.5 Å². The van der Waals surface area contributed by atoms with E-state index in [9.17, 15) is 9.90 Å². The summed E-state index contributed by atoms with van der Waals surface area (Å²) in [5, 5.41) is 11.7. The first kappa shape index (κ1) is 25.2. The molecular weight excluding hydrogens is 452 g/mol. The van der Waals surface area contributed by atoms with Crippen molar-refractivity contribution < 1.29 is 14.6 Å². The number of aromatic amines is 1. The Morgan fingerprint density at radius 2 is 1.64 bits per heavy atom. The molecule has 1 aromatic heterocycles. The molecule has 0 atom stereocenters. The van der Waals surface area contributed by atoms with Crippen LogP contribution in [0.15, 0.2) is 77.8 Å². The number of rotatable bonds is 9. The molecule has 0 fully saturated rings. The van der Waals surface area contributed by atoms with Gasteiger partial charge in [-0.25, -0.2) is 9.79 Å². The molecule has 7 nitrogen and oxygen atoms in total. The van der Waals surface area contributed by atoms with Gasteiger partial charge in [-0.15, -0.1) is 0 Å². The molecule has 1 heterocycles. The summed E-state index contributed by atoms with van der Waals surface area (Å²) < 4.78 is 5.37. The molecule has 0 spiro atoms. The van der Waals surface area contributed by atoms with Crippen LogP contribution in [0.3, 0.4) is 0 Å². The Bertz CT molecular complexity index is 1360.